The van der Waals surface area contributed by atoms with Gasteiger partial charge in [0.1, 0.15) is 6.04 Å². The third kappa shape index (κ3) is 6.03. The minimum atomic E-state index is -1.50. The molecule has 0 radical (unpaired) electrons. The molecule has 2 atom stereocenters. The van der Waals surface area contributed by atoms with Crippen molar-refractivity contribution in [3.05, 3.63) is 24.2 Å². The van der Waals surface area contributed by atoms with Gasteiger partial charge >= 0.3 is 5.97 Å². The molecule has 1 aromatic rings. The fourth-order valence-corrected chi connectivity index (χ4v) is 1.75. The zero-order chi connectivity index (χ0) is 17.4. The molecule has 0 aliphatic heterocycles. The molecule has 1 amide bonds. The Morgan fingerprint density at radius 3 is 2.65 bits per heavy atom. The lowest BCUT2D eigenvalue weighted by molar-refractivity contribution is -0.152. The van der Waals surface area contributed by atoms with Crippen molar-refractivity contribution in [3.8, 4) is 0 Å². The van der Waals surface area contributed by atoms with Crippen LogP contribution in [0.15, 0.2) is 23.0 Å². The van der Waals surface area contributed by atoms with Crippen LogP contribution in [-0.2, 0) is 19.1 Å². The second kappa shape index (κ2) is 8.84. The fraction of sp³-hybridized carbons (Fsp3) is 0.467. The van der Waals surface area contributed by atoms with Gasteiger partial charge in [0.25, 0.3) is 5.91 Å². The van der Waals surface area contributed by atoms with Crippen LogP contribution in [0.4, 0.5) is 0 Å². The highest BCUT2D eigenvalue weighted by atomic mass is 16.5. The van der Waals surface area contributed by atoms with Crippen molar-refractivity contribution in [1.82, 2.24) is 5.32 Å². The van der Waals surface area contributed by atoms with Gasteiger partial charge in [-0.25, -0.2) is 4.79 Å². The molecular weight excluding hydrogens is 304 g/mol. The first-order chi connectivity index (χ1) is 10.8. The van der Waals surface area contributed by atoms with Crippen LogP contribution in [-0.4, -0.2) is 41.1 Å². The highest BCUT2D eigenvalue weighted by Crippen LogP contribution is 2.14. The van der Waals surface area contributed by atoms with Gasteiger partial charge in [0.15, 0.2) is 11.9 Å². The van der Waals surface area contributed by atoms with Gasteiger partial charge in [0, 0.05) is 12.0 Å². The normalized spacial score (nSPS) is 13.2. The van der Waals surface area contributed by atoms with E-state index >= 15 is 0 Å². The Labute approximate surface area is 133 Å². The van der Waals surface area contributed by atoms with E-state index in [0.717, 1.165) is 0 Å². The number of nitrogens with one attached hydrogen (secondary N) is 2. The maximum absolute atomic E-state index is 12.0. The SMILES string of the molecule is CC(C)OC(=O)[C@H](CCC(=O)C=N)NC(=O)[C@H](O)c1ccoc1. The maximum Gasteiger partial charge on any atom is 0.328 e. The second-order valence-corrected chi connectivity index (χ2v) is 5.16. The average molecular weight is 324 g/mol. The predicted molar refractivity (Wildman–Crippen MR) is 79.9 cm³/mol. The summed E-state index contributed by atoms with van der Waals surface area (Å²) in [4.78, 5) is 35.2. The maximum atomic E-state index is 12.0. The van der Waals surface area contributed by atoms with Gasteiger partial charge in [0.2, 0.25) is 0 Å². The summed E-state index contributed by atoms with van der Waals surface area (Å²) in [6, 6.07) is 0.333. The highest BCUT2D eigenvalue weighted by molar-refractivity contribution is 6.26. The van der Waals surface area contributed by atoms with E-state index in [0.29, 0.717) is 6.21 Å². The predicted octanol–water partition coefficient (Wildman–Crippen LogP) is 0.748. The van der Waals surface area contributed by atoms with Crippen molar-refractivity contribution < 1.29 is 28.6 Å². The number of ketones is 1. The number of hydrogen-bond acceptors (Lipinski definition) is 7. The van der Waals surface area contributed by atoms with Gasteiger partial charge in [-0.3, -0.25) is 9.59 Å². The average Bonchev–Trinajstić information content (AvgIpc) is 3.03. The molecule has 8 nitrogen and oxygen atoms in total. The van der Waals surface area contributed by atoms with E-state index in [-0.39, 0.29) is 24.5 Å². The number of carbonyl (C=O) groups excluding carboxylic acids is 3. The van der Waals surface area contributed by atoms with Crippen LogP contribution in [0.2, 0.25) is 0 Å². The fourth-order valence-electron chi connectivity index (χ4n) is 1.75. The van der Waals surface area contributed by atoms with E-state index in [9.17, 15) is 19.5 Å². The van der Waals surface area contributed by atoms with Crippen molar-refractivity contribution in [2.45, 2.75) is 44.9 Å². The lowest BCUT2D eigenvalue weighted by Crippen LogP contribution is -2.44. The number of Topliss-reactive ketones (excluding diaryl/α,β-unsaturated/α-hetero) is 1. The summed E-state index contributed by atoms with van der Waals surface area (Å²) >= 11 is 0. The van der Waals surface area contributed by atoms with E-state index in [1.165, 1.54) is 18.6 Å². The summed E-state index contributed by atoms with van der Waals surface area (Å²) < 4.78 is 9.81. The number of carbonyl (C=O) groups is 3. The van der Waals surface area contributed by atoms with Crippen LogP contribution >= 0.6 is 0 Å². The molecule has 0 saturated heterocycles. The van der Waals surface area contributed by atoms with E-state index in [2.05, 4.69) is 5.32 Å². The second-order valence-electron chi connectivity index (χ2n) is 5.16. The molecule has 126 valence electrons. The third-order valence-corrected chi connectivity index (χ3v) is 2.90. The molecule has 0 unspecified atom stereocenters. The van der Waals surface area contributed by atoms with Crippen LogP contribution < -0.4 is 5.32 Å². The Kier molecular flexibility index (Phi) is 7.14. The number of amides is 1. The number of aliphatic hydroxyl groups is 1. The number of aliphatic hydroxyl groups excluding tert-OH is 1. The molecule has 1 aromatic heterocycles. The zero-order valence-electron chi connectivity index (χ0n) is 12.9. The van der Waals surface area contributed by atoms with Crippen molar-refractivity contribution in [2.75, 3.05) is 0 Å². The Bertz CT molecular complexity index is 552. The third-order valence-electron chi connectivity index (χ3n) is 2.90. The van der Waals surface area contributed by atoms with Gasteiger partial charge in [0.05, 0.1) is 24.8 Å². The number of hydrogen-bond donors (Lipinski definition) is 3. The first-order valence-corrected chi connectivity index (χ1v) is 7.09. The molecule has 1 rings (SSSR count). The number of ether oxygens (including phenoxy) is 1. The molecular formula is C15H20N2O6. The minimum Gasteiger partial charge on any atom is -0.472 e. The highest BCUT2D eigenvalue weighted by Gasteiger charge is 2.27. The molecule has 0 bridgehead atoms. The lowest BCUT2D eigenvalue weighted by Gasteiger charge is -2.20. The molecule has 8 heteroatoms. The summed E-state index contributed by atoms with van der Waals surface area (Å²) in [6.07, 6.45) is 1.16. The molecule has 3 N–H and O–H groups in total. The van der Waals surface area contributed by atoms with E-state index in [4.69, 9.17) is 14.6 Å². The molecule has 23 heavy (non-hydrogen) atoms. The summed E-state index contributed by atoms with van der Waals surface area (Å²) in [6.45, 7) is 3.31. The lowest BCUT2D eigenvalue weighted by atomic mass is 10.1. The quantitative estimate of drug-likeness (QED) is 0.454. The molecule has 0 aliphatic rings. The van der Waals surface area contributed by atoms with Crippen LogP contribution in [0.1, 0.15) is 38.4 Å². The van der Waals surface area contributed by atoms with Gasteiger partial charge in [-0.1, -0.05) is 0 Å². The monoisotopic (exact) mass is 324 g/mol. The van der Waals surface area contributed by atoms with Crippen LogP contribution in [0.3, 0.4) is 0 Å². The molecule has 1 heterocycles. The Balaban J connectivity index is 2.74. The molecule has 0 saturated carbocycles. The van der Waals surface area contributed by atoms with Gasteiger partial charge in [-0.2, -0.15) is 0 Å². The summed E-state index contributed by atoms with van der Waals surface area (Å²) in [7, 11) is 0. The standard InChI is InChI=1S/C15H20N2O6/c1-9(2)23-15(21)12(4-3-11(18)7-16)17-14(20)13(19)10-5-6-22-8-10/h5-9,12-13,16,19H,3-4H2,1-2H3,(H,17,20)/t12-,13+/m0/s1. The Morgan fingerprint density at radius 1 is 1.43 bits per heavy atom. The van der Waals surface area contributed by atoms with Crippen LogP contribution in [0.5, 0.6) is 0 Å². The zero-order valence-corrected chi connectivity index (χ0v) is 12.9. The molecule has 0 spiro atoms. The van der Waals surface area contributed by atoms with Gasteiger partial charge in [-0.15, -0.1) is 0 Å². The van der Waals surface area contributed by atoms with Crippen molar-refractivity contribution >= 4 is 23.9 Å². The van der Waals surface area contributed by atoms with E-state index in [1.54, 1.807) is 13.8 Å². The number of furan rings is 1. The largest absolute Gasteiger partial charge is 0.472 e. The number of esters is 1. The molecule has 0 fully saturated rings. The van der Waals surface area contributed by atoms with Gasteiger partial charge < -0.3 is 25.0 Å². The minimum absolute atomic E-state index is 0.0242. The van der Waals surface area contributed by atoms with Crippen molar-refractivity contribution in [1.29, 1.82) is 5.41 Å². The topological polar surface area (TPSA) is 130 Å². The molecule has 0 aliphatic carbocycles. The smallest absolute Gasteiger partial charge is 0.328 e. The summed E-state index contributed by atoms with van der Waals surface area (Å²) in [5.41, 5.74) is 0.244. The summed E-state index contributed by atoms with van der Waals surface area (Å²) in [5.74, 6) is -1.98. The Hall–Kier alpha value is -2.48. The van der Waals surface area contributed by atoms with Crippen LogP contribution in [0.25, 0.3) is 0 Å². The first kappa shape index (κ1) is 18.6. The van der Waals surface area contributed by atoms with E-state index in [1.807, 2.05) is 0 Å². The number of rotatable bonds is 9. The van der Waals surface area contributed by atoms with Crippen molar-refractivity contribution in [3.63, 3.8) is 0 Å². The van der Waals surface area contributed by atoms with Crippen molar-refractivity contribution in [2.24, 2.45) is 0 Å². The van der Waals surface area contributed by atoms with Crippen LogP contribution in [0, 0.1) is 5.41 Å². The van der Waals surface area contributed by atoms with Gasteiger partial charge in [-0.05, 0) is 26.3 Å². The van der Waals surface area contributed by atoms with E-state index < -0.39 is 29.8 Å². The molecule has 0 aromatic carbocycles. The Morgan fingerprint density at radius 2 is 2.13 bits per heavy atom. The summed E-state index contributed by atoms with van der Waals surface area (Å²) in [5, 5.41) is 19.1. The first-order valence-electron chi connectivity index (χ1n) is 7.09.